The zero-order valence-electron chi connectivity index (χ0n) is 13.2. The second kappa shape index (κ2) is 6.10. The second-order valence-corrected chi connectivity index (χ2v) is 8.21. The summed E-state index contributed by atoms with van der Waals surface area (Å²) in [5.74, 6) is -0.267. The number of thiophene rings is 1. The molecule has 0 bridgehead atoms. The molecule has 0 atom stereocenters. The van der Waals surface area contributed by atoms with Crippen molar-refractivity contribution in [1.29, 1.82) is 0 Å². The van der Waals surface area contributed by atoms with Gasteiger partial charge in [-0.05, 0) is 38.2 Å². The van der Waals surface area contributed by atoms with Gasteiger partial charge in [0.05, 0.1) is 11.7 Å². The van der Waals surface area contributed by atoms with E-state index in [-0.39, 0.29) is 18.0 Å². The number of fused-ring (bicyclic) bond motifs is 3. The number of anilines is 1. The van der Waals surface area contributed by atoms with E-state index in [9.17, 15) is 9.59 Å². The summed E-state index contributed by atoms with van der Waals surface area (Å²) in [6.07, 6.45) is 7.41. The number of carbonyl (C=O) groups excluding carboxylic acids is 1. The van der Waals surface area contributed by atoms with Gasteiger partial charge in [-0.3, -0.25) is 14.2 Å². The molecule has 3 aromatic rings. The molecule has 3 aromatic heterocycles. The van der Waals surface area contributed by atoms with Gasteiger partial charge in [0.2, 0.25) is 5.91 Å². The van der Waals surface area contributed by atoms with E-state index in [1.54, 1.807) is 17.5 Å². The Morgan fingerprint density at radius 2 is 2.12 bits per heavy atom. The lowest BCUT2D eigenvalue weighted by molar-refractivity contribution is -0.116. The highest BCUT2D eigenvalue weighted by Gasteiger charge is 2.20. The van der Waals surface area contributed by atoms with Crippen molar-refractivity contribution in [1.82, 2.24) is 14.5 Å². The van der Waals surface area contributed by atoms with Crippen LogP contribution in [-0.4, -0.2) is 20.4 Å². The molecular weight excluding hydrogens is 344 g/mol. The minimum Gasteiger partial charge on any atom is -0.300 e. The monoisotopic (exact) mass is 360 g/mol. The number of carbonyl (C=O) groups is 1. The minimum atomic E-state index is -0.267. The first kappa shape index (κ1) is 15.5. The van der Waals surface area contributed by atoms with Crippen LogP contribution < -0.4 is 10.9 Å². The summed E-state index contributed by atoms with van der Waals surface area (Å²) in [6.45, 7) is 1.88. The van der Waals surface area contributed by atoms with Crippen molar-refractivity contribution in [3.8, 4) is 0 Å². The Kier molecular flexibility index (Phi) is 3.93. The van der Waals surface area contributed by atoms with E-state index in [1.807, 2.05) is 6.92 Å². The Labute approximate surface area is 146 Å². The summed E-state index contributed by atoms with van der Waals surface area (Å²) in [4.78, 5) is 36.6. The van der Waals surface area contributed by atoms with Crippen LogP contribution in [0.15, 0.2) is 17.3 Å². The molecule has 8 heteroatoms. The van der Waals surface area contributed by atoms with E-state index >= 15 is 0 Å². The van der Waals surface area contributed by atoms with Gasteiger partial charge in [-0.1, -0.05) is 0 Å². The lowest BCUT2D eigenvalue weighted by Gasteiger charge is -2.10. The van der Waals surface area contributed by atoms with E-state index in [0.717, 1.165) is 34.5 Å². The molecule has 0 saturated heterocycles. The average molecular weight is 360 g/mol. The van der Waals surface area contributed by atoms with Crippen LogP contribution in [0.1, 0.15) is 28.2 Å². The largest absolute Gasteiger partial charge is 0.300 e. The van der Waals surface area contributed by atoms with Crippen molar-refractivity contribution in [3.05, 3.63) is 38.2 Å². The van der Waals surface area contributed by atoms with Gasteiger partial charge in [-0.25, -0.2) is 9.97 Å². The number of rotatable bonds is 3. The van der Waals surface area contributed by atoms with Crippen molar-refractivity contribution in [2.24, 2.45) is 0 Å². The van der Waals surface area contributed by atoms with E-state index in [4.69, 9.17) is 0 Å². The molecule has 0 unspecified atom stereocenters. The third kappa shape index (κ3) is 2.76. The molecule has 0 radical (unpaired) electrons. The predicted molar refractivity (Wildman–Crippen MR) is 96.0 cm³/mol. The highest BCUT2D eigenvalue weighted by Crippen LogP contribution is 2.33. The Bertz CT molecular complexity index is 986. The molecule has 0 spiro atoms. The molecule has 124 valence electrons. The Morgan fingerprint density at radius 3 is 2.92 bits per heavy atom. The van der Waals surface area contributed by atoms with Crippen molar-refractivity contribution in [3.63, 3.8) is 0 Å². The number of nitrogens with one attached hydrogen (secondary N) is 1. The Balaban J connectivity index is 1.63. The molecule has 0 aliphatic heterocycles. The van der Waals surface area contributed by atoms with Gasteiger partial charge in [0.25, 0.3) is 5.56 Å². The maximum atomic E-state index is 12.8. The van der Waals surface area contributed by atoms with E-state index < -0.39 is 0 Å². The second-order valence-electron chi connectivity index (χ2n) is 5.89. The fourth-order valence-electron chi connectivity index (χ4n) is 3.02. The van der Waals surface area contributed by atoms with Crippen LogP contribution in [0.2, 0.25) is 0 Å². The van der Waals surface area contributed by atoms with Crippen molar-refractivity contribution in [2.45, 2.75) is 39.2 Å². The molecule has 0 saturated carbocycles. The number of amides is 1. The van der Waals surface area contributed by atoms with Gasteiger partial charge in [0, 0.05) is 16.0 Å². The van der Waals surface area contributed by atoms with Crippen LogP contribution in [0.5, 0.6) is 0 Å². The molecule has 0 aromatic carbocycles. The van der Waals surface area contributed by atoms with Crippen LogP contribution in [-0.2, 0) is 24.2 Å². The van der Waals surface area contributed by atoms with Crippen molar-refractivity contribution < 1.29 is 4.79 Å². The number of nitrogens with zero attached hydrogens (tertiary/aromatic N) is 3. The Hall–Kier alpha value is -2.06. The van der Waals surface area contributed by atoms with Crippen molar-refractivity contribution in [2.75, 3.05) is 5.32 Å². The third-order valence-corrected chi connectivity index (χ3v) is 6.15. The topological polar surface area (TPSA) is 76.9 Å². The highest BCUT2D eigenvalue weighted by atomic mass is 32.1. The number of aryl methyl sites for hydroxylation is 3. The molecule has 1 N–H and O–H groups in total. The molecule has 1 amide bonds. The van der Waals surface area contributed by atoms with Gasteiger partial charge >= 0.3 is 0 Å². The maximum Gasteiger partial charge on any atom is 0.262 e. The minimum absolute atomic E-state index is 0.0506. The number of aromatic nitrogens is 3. The van der Waals surface area contributed by atoms with Crippen LogP contribution >= 0.6 is 22.7 Å². The Morgan fingerprint density at radius 1 is 1.29 bits per heavy atom. The third-order valence-electron chi connectivity index (χ3n) is 4.12. The van der Waals surface area contributed by atoms with Crippen LogP contribution in [0.3, 0.4) is 0 Å². The zero-order valence-corrected chi connectivity index (χ0v) is 14.8. The maximum absolute atomic E-state index is 12.8. The van der Waals surface area contributed by atoms with Crippen LogP contribution in [0.4, 0.5) is 5.13 Å². The first-order valence-corrected chi connectivity index (χ1v) is 9.47. The summed E-state index contributed by atoms with van der Waals surface area (Å²) in [6, 6.07) is 0. The molecule has 1 aliphatic rings. The first-order chi connectivity index (χ1) is 11.6. The molecule has 3 heterocycles. The van der Waals surface area contributed by atoms with Gasteiger partial charge in [0.15, 0.2) is 5.13 Å². The standard InChI is InChI=1S/C16H16N4O2S2/c1-9-6-17-16(23-9)19-12(21)7-20-8-18-14-13(15(20)22)10-4-2-3-5-11(10)24-14/h6,8H,2-5,7H2,1H3,(H,17,19,21). The zero-order chi connectivity index (χ0) is 16.7. The van der Waals surface area contributed by atoms with E-state index in [0.29, 0.717) is 10.5 Å². The van der Waals surface area contributed by atoms with Crippen LogP contribution in [0, 0.1) is 6.92 Å². The first-order valence-electron chi connectivity index (χ1n) is 7.84. The summed E-state index contributed by atoms with van der Waals surface area (Å²) in [7, 11) is 0. The average Bonchev–Trinajstić information content (AvgIpc) is 3.13. The van der Waals surface area contributed by atoms with Gasteiger partial charge in [0.1, 0.15) is 11.4 Å². The number of thiazole rings is 1. The lowest BCUT2D eigenvalue weighted by Crippen LogP contribution is -2.28. The quantitative estimate of drug-likeness (QED) is 0.779. The number of hydrogen-bond acceptors (Lipinski definition) is 6. The predicted octanol–water partition coefficient (Wildman–Crippen LogP) is 2.74. The summed E-state index contributed by atoms with van der Waals surface area (Å²) in [5, 5.41) is 3.98. The SMILES string of the molecule is Cc1cnc(NC(=O)Cn2cnc3sc4c(c3c2=O)CCCC4)s1. The molecule has 6 nitrogen and oxygen atoms in total. The smallest absolute Gasteiger partial charge is 0.262 e. The molecule has 4 rings (SSSR count). The fraction of sp³-hybridized carbons (Fsp3) is 0.375. The van der Waals surface area contributed by atoms with Gasteiger partial charge in [-0.15, -0.1) is 22.7 Å². The van der Waals surface area contributed by atoms with E-state index in [2.05, 4.69) is 15.3 Å². The van der Waals surface area contributed by atoms with Gasteiger partial charge < -0.3 is 5.32 Å². The molecule has 0 fully saturated rings. The highest BCUT2D eigenvalue weighted by molar-refractivity contribution is 7.18. The molecular formula is C16H16N4O2S2. The summed E-state index contributed by atoms with van der Waals surface area (Å²) >= 11 is 3.02. The van der Waals surface area contributed by atoms with E-state index in [1.165, 1.54) is 33.5 Å². The van der Waals surface area contributed by atoms with Crippen molar-refractivity contribution >= 4 is 43.9 Å². The summed E-state index contributed by atoms with van der Waals surface area (Å²) in [5.41, 5.74) is 1.02. The van der Waals surface area contributed by atoms with Gasteiger partial charge in [-0.2, -0.15) is 0 Å². The molecule has 24 heavy (non-hydrogen) atoms. The normalized spacial score (nSPS) is 13.9. The van der Waals surface area contributed by atoms with Crippen LogP contribution in [0.25, 0.3) is 10.2 Å². The fourth-order valence-corrected chi connectivity index (χ4v) is 4.92. The molecule has 1 aliphatic carbocycles. The lowest BCUT2D eigenvalue weighted by atomic mass is 9.97. The summed E-state index contributed by atoms with van der Waals surface area (Å²) < 4.78 is 1.39. The number of hydrogen-bond donors (Lipinski definition) is 1.